The van der Waals surface area contributed by atoms with Gasteiger partial charge in [0.25, 0.3) is 0 Å². The molecule has 96 valence electrons. The number of allylic oxidation sites excluding steroid dienone is 2. The third kappa shape index (κ3) is 1.46. The lowest BCUT2D eigenvalue weighted by Gasteiger charge is -2.29. The maximum absolute atomic E-state index is 12.4. The lowest BCUT2D eigenvalue weighted by atomic mass is 9.81. The van der Waals surface area contributed by atoms with Gasteiger partial charge in [0.05, 0.1) is 23.2 Å². The highest BCUT2D eigenvalue weighted by atomic mass is 16.2. The van der Waals surface area contributed by atoms with Gasteiger partial charge in [-0.15, -0.1) is 0 Å². The van der Waals surface area contributed by atoms with E-state index in [1.807, 2.05) is 24.3 Å². The van der Waals surface area contributed by atoms with Crippen LogP contribution in [0.1, 0.15) is 6.42 Å². The third-order valence-corrected chi connectivity index (χ3v) is 4.51. The molecule has 1 aliphatic heterocycles. The summed E-state index contributed by atoms with van der Waals surface area (Å²) in [6.45, 7) is 0. The fraction of sp³-hybridized carbons (Fsp3) is 0.333. The van der Waals surface area contributed by atoms with Crippen LogP contribution in [0, 0.1) is 23.7 Å². The predicted octanol–water partition coefficient (Wildman–Crippen LogP) is 2.02. The van der Waals surface area contributed by atoms with Gasteiger partial charge in [-0.25, -0.2) is 0 Å². The average Bonchev–Trinajstić information content (AvgIpc) is 2.99. The Hall–Kier alpha value is -2.10. The van der Waals surface area contributed by atoms with Gasteiger partial charge in [-0.2, -0.15) is 0 Å². The summed E-state index contributed by atoms with van der Waals surface area (Å²) in [5.74, 6) is -0.0583. The van der Waals surface area contributed by atoms with E-state index in [0.29, 0.717) is 11.4 Å². The molecule has 0 saturated heterocycles. The van der Waals surface area contributed by atoms with Crippen LogP contribution in [0.4, 0.5) is 11.4 Å². The molecule has 4 rings (SSSR count). The van der Waals surface area contributed by atoms with Crippen molar-refractivity contribution in [1.29, 1.82) is 0 Å². The first kappa shape index (κ1) is 10.8. The number of hydrogen-bond acceptors (Lipinski definition) is 2. The van der Waals surface area contributed by atoms with Crippen LogP contribution in [0.2, 0.25) is 0 Å². The molecular formula is C15H14N2O2. The summed E-state index contributed by atoms with van der Waals surface area (Å²) in [7, 11) is 0. The van der Waals surface area contributed by atoms with E-state index < -0.39 is 0 Å². The number of carbonyl (C=O) groups excluding carboxylic acids is 2. The highest BCUT2D eigenvalue weighted by Crippen LogP contribution is 2.49. The summed E-state index contributed by atoms with van der Waals surface area (Å²) in [6, 6.07) is 7.34. The van der Waals surface area contributed by atoms with Crippen LogP contribution in [0.25, 0.3) is 0 Å². The fourth-order valence-corrected chi connectivity index (χ4v) is 3.67. The average molecular weight is 254 g/mol. The van der Waals surface area contributed by atoms with E-state index in [0.717, 1.165) is 6.42 Å². The molecule has 1 saturated carbocycles. The number of benzene rings is 1. The molecule has 0 radical (unpaired) electrons. The van der Waals surface area contributed by atoms with Gasteiger partial charge in [0.1, 0.15) is 0 Å². The van der Waals surface area contributed by atoms with Gasteiger partial charge >= 0.3 is 0 Å². The minimum atomic E-state index is -0.219. The van der Waals surface area contributed by atoms with E-state index in [4.69, 9.17) is 0 Å². The number of carbonyl (C=O) groups is 2. The van der Waals surface area contributed by atoms with Gasteiger partial charge in [0.2, 0.25) is 11.8 Å². The molecule has 1 aromatic rings. The smallest absolute Gasteiger partial charge is 0.228 e. The number of para-hydroxylation sites is 2. The quantitative estimate of drug-likeness (QED) is 0.696. The zero-order valence-corrected chi connectivity index (χ0v) is 10.3. The van der Waals surface area contributed by atoms with Crippen molar-refractivity contribution in [1.82, 2.24) is 0 Å². The van der Waals surface area contributed by atoms with Crippen molar-refractivity contribution in [3.05, 3.63) is 36.4 Å². The molecular weight excluding hydrogens is 240 g/mol. The van der Waals surface area contributed by atoms with E-state index in [1.165, 1.54) is 0 Å². The Bertz CT molecular complexity index is 557. The van der Waals surface area contributed by atoms with Crippen LogP contribution < -0.4 is 10.6 Å². The molecule has 4 atom stereocenters. The van der Waals surface area contributed by atoms with Crippen LogP contribution in [0.5, 0.6) is 0 Å². The first-order valence-corrected chi connectivity index (χ1v) is 6.63. The number of hydrogen-bond donors (Lipinski definition) is 2. The second-order valence-electron chi connectivity index (χ2n) is 5.52. The number of rotatable bonds is 0. The third-order valence-electron chi connectivity index (χ3n) is 4.51. The highest BCUT2D eigenvalue weighted by Gasteiger charge is 2.52. The summed E-state index contributed by atoms with van der Waals surface area (Å²) in [5, 5.41) is 5.90. The second kappa shape index (κ2) is 3.70. The van der Waals surface area contributed by atoms with E-state index in [2.05, 4.69) is 22.8 Å². The summed E-state index contributed by atoms with van der Waals surface area (Å²) in [6.07, 6.45) is 5.10. The number of anilines is 2. The maximum Gasteiger partial charge on any atom is 0.228 e. The van der Waals surface area contributed by atoms with Crippen molar-refractivity contribution in [3.63, 3.8) is 0 Å². The summed E-state index contributed by atoms with van der Waals surface area (Å²) >= 11 is 0. The summed E-state index contributed by atoms with van der Waals surface area (Å²) < 4.78 is 0. The van der Waals surface area contributed by atoms with Crippen molar-refractivity contribution < 1.29 is 9.59 Å². The molecule has 0 aromatic heterocycles. The molecule has 0 spiro atoms. The standard InChI is InChI=1S/C15H14N2O2/c18-14-12-8-5-6-9(7-8)13(12)15(19)17-11-4-2-1-3-10(11)16-14/h1-6,8-9,12-13H,7H2,(H,16,18)(H,17,19)/t8-,9-,12-,13-/m1/s1. The molecule has 3 aliphatic rings. The molecule has 2 amide bonds. The SMILES string of the molecule is O=C1Nc2ccccc2NC(=O)[C@H]2[C@H]1[C@@H]1C=C[C@@H]2C1. The first-order chi connectivity index (χ1) is 9.24. The molecule has 4 heteroatoms. The van der Waals surface area contributed by atoms with Gasteiger partial charge < -0.3 is 10.6 Å². The minimum Gasteiger partial charge on any atom is -0.324 e. The summed E-state index contributed by atoms with van der Waals surface area (Å²) in [5.41, 5.74) is 1.37. The Kier molecular flexibility index (Phi) is 2.10. The van der Waals surface area contributed by atoms with Gasteiger partial charge in [0, 0.05) is 0 Å². The number of amides is 2. The Balaban J connectivity index is 1.80. The van der Waals surface area contributed by atoms with Crippen molar-refractivity contribution in [2.24, 2.45) is 23.7 Å². The fourth-order valence-electron chi connectivity index (χ4n) is 3.67. The van der Waals surface area contributed by atoms with Gasteiger partial charge in [-0.05, 0) is 30.4 Å². The molecule has 1 aromatic carbocycles. The van der Waals surface area contributed by atoms with Crippen LogP contribution in [-0.4, -0.2) is 11.8 Å². The zero-order chi connectivity index (χ0) is 13.0. The molecule has 1 heterocycles. The highest BCUT2D eigenvalue weighted by molar-refractivity contribution is 6.06. The monoisotopic (exact) mass is 254 g/mol. The molecule has 2 bridgehead atoms. The molecule has 0 unspecified atom stereocenters. The largest absolute Gasteiger partial charge is 0.324 e. The molecule has 19 heavy (non-hydrogen) atoms. The van der Waals surface area contributed by atoms with E-state index >= 15 is 0 Å². The number of nitrogens with one attached hydrogen (secondary N) is 2. The van der Waals surface area contributed by atoms with Gasteiger partial charge in [-0.1, -0.05) is 24.3 Å². The van der Waals surface area contributed by atoms with E-state index in [9.17, 15) is 9.59 Å². The van der Waals surface area contributed by atoms with Crippen molar-refractivity contribution >= 4 is 23.2 Å². The lowest BCUT2D eigenvalue weighted by Crippen LogP contribution is -2.41. The topological polar surface area (TPSA) is 58.2 Å². The number of fused-ring (bicyclic) bond motifs is 6. The molecule has 2 N–H and O–H groups in total. The van der Waals surface area contributed by atoms with Crippen LogP contribution in [0.15, 0.2) is 36.4 Å². The van der Waals surface area contributed by atoms with E-state index in [1.54, 1.807) is 0 Å². The second-order valence-corrected chi connectivity index (χ2v) is 5.52. The van der Waals surface area contributed by atoms with Gasteiger partial charge in [-0.3, -0.25) is 9.59 Å². The molecule has 1 fully saturated rings. The zero-order valence-electron chi connectivity index (χ0n) is 10.3. The Morgan fingerprint density at radius 1 is 0.842 bits per heavy atom. The van der Waals surface area contributed by atoms with Crippen molar-refractivity contribution in [2.75, 3.05) is 10.6 Å². The van der Waals surface area contributed by atoms with Crippen molar-refractivity contribution in [3.8, 4) is 0 Å². The Labute approximate surface area is 110 Å². The van der Waals surface area contributed by atoms with Crippen LogP contribution in [0.3, 0.4) is 0 Å². The Morgan fingerprint density at radius 3 is 1.79 bits per heavy atom. The van der Waals surface area contributed by atoms with Crippen LogP contribution in [-0.2, 0) is 9.59 Å². The van der Waals surface area contributed by atoms with E-state index in [-0.39, 0.29) is 35.5 Å². The molecule has 2 aliphatic carbocycles. The van der Waals surface area contributed by atoms with Crippen molar-refractivity contribution in [2.45, 2.75) is 6.42 Å². The lowest BCUT2D eigenvalue weighted by molar-refractivity contribution is -0.129. The maximum atomic E-state index is 12.4. The molecule has 4 nitrogen and oxygen atoms in total. The minimum absolute atomic E-state index is 0.0239. The predicted molar refractivity (Wildman–Crippen MR) is 71.4 cm³/mol. The van der Waals surface area contributed by atoms with Crippen LogP contribution >= 0.6 is 0 Å². The van der Waals surface area contributed by atoms with Gasteiger partial charge in [0.15, 0.2) is 0 Å². The Morgan fingerprint density at radius 2 is 1.32 bits per heavy atom. The normalized spacial score (nSPS) is 34.9. The first-order valence-electron chi connectivity index (χ1n) is 6.63. The summed E-state index contributed by atoms with van der Waals surface area (Å²) in [4.78, 5) is 24.8.